The number of pyridine rings is 1. The monoisotopic (exact) mass is 296 g/mol. The lowest BCUT2D eigenvalue weighted by molar-refractivity contribution is -0.384. The number of nitro groups is 1. The zero-order valence-electron chi connectivity index (χ0n) is 11.4. The van der Waals surface area contributed by atoms with Crippen LogP contribution in [-0.4, -0.2) is 22.0 Å². The molecule has 2 aromatic rings. The predicted octanol–water partition coefficient (Wildman–Crippen LogP) is 2.42. The third kappa shape index (κ3) is 4.34. The molecule has 2 rings (SSSR count). The van der Waals surface area contributed by atoms with Crippen LogP contribution in [0.2, 0.25) is 0 Å². The van der Waals surface area contributed by atoms with Crippen LogP contribution < -0.4 is 5.43 Å². The number of nitro benzene ring substituents is 1. The number of hydrazone groups is 1. The van der Waals surface area contributed by atoms with Gasteiger partial charge in [-0.25, -0.2) is 5.43 Å². The Labute approximate surface area is 126 Å². The molecule has 1 amide bonds. The van der Waals surface area contributed by atoms with Crippen LogP contribution >= 0.6 is 0 Å². The van der Waals surface area contributed by atoms with E-state index in [1.807, 2.05) is 0 Å². The number of allylic oxidation sites excluding steroid dienone is 1. The van der Waals surface area contributed by atoms with Gasteiger partial charge in [0.1, 0.15) is 5.69 Å². The molecule has 1 aromatic heterocycles. The summed E-state index contributed by atoms with van der Waals surface area (Å²) >= 11 is 0. The number of carbonyl (C=O) groups is 1. The van der Waals surface area contributed by atoms with Crippen molar-refractivity contribution in [1.82, 2.24) is 10.4 Å². The first-order valence-electron chi connectivity index (χ1n) is 6.32. The summed E-state index contributed by atoms with van der Waals surface area (Å²) < 4.78 is 0. The number of nitrogens with one attached hydrogen (secondary N) is 1. The third-order valence-electron chi connectivity index (χ3n) is 2.62. The molecule has 0 aliphatic heterocycles. The lowest BCUT2D eigenvalue weighted by Crippen LogP contribution is -2.18. The molecule has 1 aromatic carbocycles. The van der Waals surface area contributed by atoms with Crippen molar-refractivity contribution in [2.75, 3.05) is 0 Å². The van der Waals surface area contributed by atoms with Gasteiger partial charge >= 0.3 is 0 Å². The molecule has 0 saturated carbocycles. The number of hydrogen-bond donors (Lipinski definition) is 1. The number of amides is 1. The van der Waals surface area contributed by atoms with Crippen molar-refractivity contribution < 1.29 is 9.72 Å². The van der Waals surface area contributed by atoms with Crippen molar-refractivity contribution in [2.45, 2.75) is 0 Å². The van der Waals surface area contributed by atoms with Crippen LogP contribution in [0.3, 0.4) is 0 Å². The predicted molar refractivity (Wildman–Crippen MR) is 82.3 cm³/mol. The molecule has 1 N–H and O–H groups in total. The Morgan fingerprint density at radius 3 is 2.64 bits per heavy atom. The van der Waals surface area contributed by atoms with Crippen LogP contribution in [0.4, 0.5) is 5.69 Å². The van der Waals surface area contributed by atoms with E-state index in [4.69, 9.17) is 0 Å². The molecule has 7 nitrogen and oxygen atoms in total. The Bertz CT molecular complexity index is 709. The van der Waals surface area contributed by atoms with Crippen molar-refractivity contribution in [3.8, 4) is 0 Å². The van der Waals surface area contributed by atoms with Crippen LogP contribution in [0.25, 0.3) is 6.08 Å². The molecule has 22 heavy (non-hydrogen) atoms. The highest BCUT2D eigenvalue weighted by Crippen LogP contribution is 2.12. The van der Waals surface area contributed by atoms with Crippen molar-refractivity contribution in [2.24, 2.45) is 5.10 Å². The normalized spacial score (nSPS) is 10.9. The molecule has 0 radical (unpaired) electrons. The summed E-state index contributed by atoms with van der Waals surface area (Å²) in [6.07, 6.45) is 6.25. The van der Waals surface area contributed by atoms with Gasteiger partial charge in [0, 0.05) is 24.5 Å². The highest BCUT2D eigenvalue weighted by molar-refractivity contribution is 5.92. The molecule has 110 valence electrons. The Morgan fingerprint density at radius 2 is 2.00 bits per heavy atom. The summed E-state index contributed by atoms with van der Waals surface area (Å²) in [5, 5.41) is 14.3. The highest BCUT2D eigenvalue weighted by Gasteiger charge is 2.03. The maximum absolute atomic E-state index is 11.6. The summed E-state index contributed by atoms with van der Waals surface area (Å²) in [6, 6.07) is 11.1. The molecule has 0 aliphatic rings. The summed E-state index contributed by atoms with van der Waals surface area (Å²) in [5.74, 6) is -0.402. The van der Waals surface area contributed by atoms with Gasteiger partial charge in [0.25, 0.3) is 11.6 Å². The third-order valence-corrected chi connectivity index (χ3v) is 2.62. The van der Waals surface area contributed by atoms with Gasteiger partial charge < -0.3 is 0 Å². The Morgan fingerprint density at radius 1 is 1.23 bits per heavy atom. The quantitative estimate of drug-likeness (QED) is 0.520. The first-order valence-corrected chi connectivity index (χ1v) is 6.32. The maximum atomic E-state index is 11.6. The number of non-ortho nitro benzene ring substituents is 1. The van der Waals surface area contributed by atoms with E-state index in [1.165, 1.54) is 24.5 Å². The second-order valence-electron chi connectivity index (χ2n) is 4.14. The van der Waals surface area contributed by atoms with Gasteiger partial charge in [0.15, 0.2) is 0 Å². The van der Waals surface area contributed by atoms with Gasteiger partial charge in [-0.15, -0.1) is 0 Å². The fourth-order valence-corrected chi connectivity index (χ4v) is 1.55. The van der Waals surface area contributed by atoms with Gasteiger partial charge in [-0.2, -0.15) is 5.10 Å². The fraction of sp³-hybridized carbons (Fsp3) is 0. The van der Waals surface area contributed by atoms with Crippen LogP contribution in [0.5, 0.6) is 0 Å². The number of aromatic nitrogens is 1. The fourth-order valence-electron chi connectivity index (χ4n) is 1.55. The first-order chi connectivity index (χ1) is 10.7. The molecule has 0 unspecified atom stereocenters. The Hall–Kier alpha value is -3.35. The topological polar surface area (TPSA) is 97.5 Å². The average Bonchev–Trinajstić information content (AvgIpc) is 2.55. The van der Waals surface area contributed by atoms with Crippen LogP contribution in [-0.2, 0) is 0 Å². The minimum Gasteiger partial charge on any atom is -0.266 e. The average molecular weight is 296 g/mol. The molecule has 0 aliphatic carbocycles. The summed E-state index contributed by atoms with van der Waals surface area (Å²) in [7, 11) is 0. The molecule has 0 spiro atoms. The van der Waals surface area contributed by atoms with E-state index in [-0.39, 0.29) is 11.4 Å². The standard InChI is InChI=1S/C15H12N4O3/c20-15(14-5-1-2-10-16-14)18-17-11-3-4-12-6-8-13(9-7-12)19(21)22/h1-11H,(H,18,20)/b4-3+,17-11+. The van der Waals surface area contributed by atoms with Crippen molar-refractivity contribution in [3.05, 3.63) is 76.1 Å². The van der Waals surface area contributed by atoms with E-state index in [1.54, 1.807) is 42.5 Å². The zero-order chi connectivity index (χ0) is 15.8. The van der Waals surface area contributed by atoms with Gasteiger partial charge in [-0.1, -0.05) is 12.1 Å². The first kappa shape index (κ1) is 15.0. The lowest BCUT2D eigenvalue weighted by Gasteiger charge is -1.96. The van der Waals surface area contributed by atoms with E-state index in [9.17, 15) is 14.9 Å². The summed E-state index contributed by atoms with van der Waals surface area (Å²) in [6.45, 7) is 0. The van der Waals surface area contributed by atoms with Crippen molar-refractivity contribution >= 4 is 23.9 Å². The maximum Gasteiger partial charge on any atom is 0.289 e. The van der Waals surface area contributed by atoms with E-state index >= 15 is 0 Å². The second-order valence-corrected chi connectivity index (χ2v) is 4.14. The molecule has 0 bridgehead atoms. The molecule has 0 saturated heterocycles. The molecule has 7 heteroatoms. The smallest absolute Gasteiger partial charge is 0.266 e. The van der Waals surface area contributed by atoms with Gasteiger partial charge in [0.2, 0.25) is 0 Å². The van der Waals surface area contributed by atoms with E-state index in [0.29, 0.717) is 0 Å². The molecule has 0 fully saturated rings. The number of nitrogens with zero attached hydrogens (tertiary/aromatic N) is 3. The Balaban J connectivity index is 1.87. The van der Waals surface area contributed by atoms with Crippen LogP contribution in [0.1, 0.15) is 16.1 Å². The molecular weight excluding hydrogens is 284 g/mol. The molecule has 0 atom stereocenters. The Kier molecular flexibility index (Phi) is 5.09. The SMILES string of the molecule is O=C(N/N=C/C=C/c1ccc([N+](=O)[O-])cc1)c1ccccn1. The summed E-state index contributed by atoms with van der Waals surface area (Å²) in [5.41, 5.74) is 3.43. The minimum atomic E-state index is -0.456. The number of rotatable bonds is 5. The lowest BCUT2D eigenvalue weighted by atomic mass is 10.2. The van der Waals surface area contributed by atoms with Gasteiger partial charge in [-0.3, -0.25) is 19.9 Å². The summed E-state index contributed by atoms with van der Waals surface area (Å²) in [4.78, 5) is 25.5. The molecular formula is C15H12N4O3. The minimum absolute atomic E-state index is 0.0356. The highest BCUT2D eigenvalue weighted by atomic mass is 16.6. The van der Waals surface area contributed by atoms with E-state index < -0.39 is 10.8 Å². The van der Waals surface area contributed by atoms with Crippen LogP contribution in [0.15, 0.2) is 59.8 Å². The van der Waals surface area contributed by atoms with Gasteiger partial charge in [0.05, 0.1) is 4.92 Å². The number of benzene rings is 1. The molecule has 1 heterocycles. The zero-order valence-corrected chi connectivity index (χ0v) is 11.4. The number of carbonyl (C=O) groups excluding carboxylic acids is 1. The van der Waals surface area contributed by atoms with E-state index in [0.717, 1.165) is 5.56 Å². The van der Waals surface area contributed by atoms with Crippen molar-refractivity contribution in [3.63, 3.8) is 0 Å². The van der Waals surface area contributed by atoms with E-state index in [2.05, 4.69) is 15.5 Å². The van der Waals surface area contributed by atoms with Gasteiger partial charge in [-0.05, 0) is 35.9 Å². The second kappa shape index (κ2) is 7.44. The van der Waals surface area contributed by atoms with Crippen LogP contribution in [0, 0.1) is 10.1 Å². The number of hydrogen-bond acceptors (Lipinski definition) is 5. The van der Waals surface area contributed by atoms with Crippen molar-refractivity contribution in [1.29, 1.82) is 0 Å². The largest absolute Gasteiger partial charge is 0.289 e.